The fourth-order valence-electron chi connectivity index (χ4n) is 5.91. The summed E-state index contributed by atoms with van der Waals surface area (Å²) in [6.45, 7) is 0. The number of anilines is 2. The van der Waals surface area contributed by atoms with E-state index in [1.807, 2.05) is 54.2 Å². The highest BCUT2D eigenvalue weighted by atomic mass is 16.5. The Morgan fingerprint density at radius 2 is 1.40 bits per heavy atom. The molecule has 0 bridgehead atoms. The van der Waals surface area contributed by atoms with Crippen LogP contribution in [0.25, 0.3) is 38.8 Å². The van der Waals surface area contributed by atoms with Crippen molar-refractivity contribution in [3.63, 3.8) is 0 Å². The molecule has 5 nitrogen and oxygen atoms in total. The average Bonchev–Trinajstić information content (AvgIpc) is 3.31. The standard InChI is InChI=1S/C37H26N4O/c1-39-25-40(34-17-6-3-14-30(34)29-13-2-5-16-33(29)39)26-11-10-12-27(23-26)42-28-20-21-32-31-15-4-7-18-35(31)41(36(32)24-28)37-19-8-9-22-38-37/h2-24H,1H3. The number of ether oxygens (including phenoxy) is 1. The summed E-state index contributed by atoms with van der Waals surface area (Å²) in [5.74, 6) is 2.38. The van der Waals surface area contributed by atoms with Crippen LogP contribution in [0.1, 0.15) is 0 Å². The van der Waals surface area contributed by atoms with Crippen molar-refractivity contribution in [2.75, 3.05) is 11.9 Å². The van der Waals surface area contributed by atoms with Crippen LogP contribution in [-0.2, 0) is 0 Å². The first-order valence-corrected chi connectivity index (χ1v) is 14.0. The van der Waals surface area contributed by atoms with Gasteiger partial charge in [-0.1, -0.05) is 84.9 Å². The maximum Gasteiger partial charge on any atom is 0.245 e. The van der Waals surface area contributed by atoms with Gasteiger partial charge in [0.05, 0.1) is 35.1 Å². The van der Waals surface area contributed by atoms with E-state index in [9.17, 15) is 0 Å². The van der Waals surface area contributed by atoms with E-state index >= 15 is 0 Å². The van der Waals surface area contributed by atoms with E-state index in [4.69, 9.17) is 4.74 Å². The van der Waals surface area contributed by atoms with Crippen LogP contribution in [0.3, 0.4) is 0 Å². The molecule has 2 aromatic heterocycles. The average molecular weight is 543 g/mol. The van der Waals surface area contributed by atoms with E-state index < -0.39 is 0 Å². The first-order chi connectivity index (χ1) is 20.7. The molecule has 7 aromatic rings. The Bertz CT molecular complexity index is 2150. The van der Waals surface area contributed by atoms with Crippen LogP contribution in [0.5, 0.6) is 11.5 Å². The fourth-order valence-corrected chi connectivity index (χ4v) is 5.91. The topological polar surface area (TPSA) is 33.3 Å². The summed E-state index contributed by atoms with van der Waals surface area (Å²) in [5.41, 5.74) is 7.62. The third-order valence-electron chi connectivity index (χ3n) is 7.79. The highest BCUT2D eigenvalue weighted by Crippen LogP contribution is 2.42. The van der Waals surface area contributed by atoms with Crippen molar-refractivity contribution in [3.05, 3.63) is 140 Å². The van der Waals surface area contributed by atoms with Crippen molar-refractivity contribution >= 4 is 45.2 Å². The predicted octanol–water partition coefficient (Wildman–Crippen LogP) is 8.97. The Balaban J connectivity index is 1.21. The third kappa shape index (κ3) is 3.94. The zero-order valence-corrected chi connectivity index (χ0v) is 23.0. The number of benzene rings is 5. The molecule has 0 aliphatic carbocycles. The van der Waals surface area contributed by atoms with Gasteiger partial charge >= 0.3 is 0 Å². The van der Waals surface area contributed by atoms with E-state index in [0.717, 1.165) is 56.4 Å². The second-order valence-corrected chi connectivity index (χ2v) is 10.3. The van der Waals surface area contributed by atoms with Crippen LogP contribution < -0.4 is 9.64 Å². The Kier molecular flexibility index (Phi) is 5.61. The van der Waals surface area contributed by atoms with Crippen molar-refractivity contribution in [1.82, 2.24) is 9.55 Å². The zero-order chi connectivity index (χ0) is 28.0. The number of hydrogen-bond donors (Lipinski definition) is 0. The van der Waals surface area contributed by atoms with Crippen molar-refractivity contribution in [2.24, 2.45) is 0 Å². The number of para-hydroxylation sites is 3. The SMILES string of the molecule is C[N+]1=[C-]N(c2cccc(Oc3ccc4c5ccccc5n(-c5ccccn5)c4c3)c2)c2ccccc2-c2ccccc21. The number of hydrogen-bond acceptors (Lipinski definition) is 3. The first kappa shape index (κ1) is 24.1. The van der Waals surface area contributed by atoms with Crippen molar-refractivity contribution in [3.8, 4) is 28.4 Å². The third-order valence-corrected chi connectivity index (χ3v) is 7.79. The Labute approximate surface area is 243 Å². The molecule has 200 valence electrons. The highest BCUT2D eigenvalue weighted by molar-refractivity contribution is 6.09. The number of fused-ring (bicyclic) bond motifs is 6. The molecule has 8 rings (SSSR count). The molecular formula is C37H26N4O. The zero-order valence-electron chi connectivity index (χ0n) is 23.0. The van der Waals surface area contributed by atoms with Gasteiger partial charge in [0.15, 0.2) is 0 Å². The Morgan fingerprint density at radius 3 is 2.31 bits per heavy atom. The molecule has 0 spiro atoms. The van der Waals surface area contributed by atoms with Gasteiger partial charge in [0.25, 0.3) is 0 Å². The lowest BCUT2D eigenvalue weighted by Gasteiger charge is -2.22. The minimum atomic E-state index is 0.746. The molecule has 3 heterocycles. The molecule has 1 aliphatic rings. The molecule has 0 saturated carbocycles. The first-order valence-electron chi connectivity index (χ1n) is 14.0. The summed E-state index contributed by atoms with van der Waals surface area (Å²) >= 11 is 0. The lowest BCUT2D eigenvalue weighted by atomic mass is 10.0. The highest BCUT2D eigenvalue weighted by Gasteiger charge is 2.20. The van der Waals surface area contributed by atoms with Gasteiger partial charge in [0, 0.05) is 23.0 Å². The normalized spacial score (nSPS) is 12.5. The lowest BCUT2D eigenvalue weighted by Crippen LogP contribution is -2.19. The van der Waals surface area contributed by atoms with Gasteiger partial charge in [0.1, 0.15) is 17.3 Å². The van der Waals surface area contributed by atoms with E-state index in [1.165, 1.54) is 10.9 Å². The van der Waals surface area contributed by atoms with Crippen LogP contribution in [0.2, 0.25) is 0 Å². The monoisotopic (exact) mass is 542 g/mol. The molecule has 0 radical (unpaired) electrons. The summed E-state index contributed by atoms with van der Waals surface area (Å²) in [5, 5.41) is 2.34. The number of nitrogens with zero attached hydrogens (tertiary/aromatic N) is 4. The Morgan fingerprint density at radius 1 is 0.643 bits per heavy atom. The van der Waals surface area contributed by atoms with E-state index in [0.29, 0.717) is 0 Å². The number of rotatable bonds is 4. The summed E-state index contributed by atoms with van der Waals surface area (Å²) in [4.78, 5) is 6.75. The van der Waals surface area contributed by atoms with Gasteiger partial charge in [-0.2, -0.15) is 0 Å². The fraction of sp³-hybridized carbons (Fsp3) is 0.0270. The van der Waals surface area contributed by atoms with Crippen molar-refractivity contribution in [1.29, 1.82) is 0 Å². The molecule has 1 aliphatic heterocycles. The molecular weight excluding hydrogens is 516 g/mol. The molecule has 0 saturated heterocycles. The second kappa shape index (κ2) is 9.75. The maximum atomic E-state index is 6.51. The van der Waals surface area contributed by atoms with E-state index in [2.05, 4.69) is 118 Å². The van der Waals surface area contributed by atoms with Crippen LogP contribution in [-0.4, -0.2) is 27.5 Å². The minimum absolute atomic E-state index is 0.746. The van der Waals surface area contributed by atoms with E-state index in [1.54, 1.807) is 0 Å². The minimum Gasteiger partial charge on any atom is -0.458 e. The molecule has 5 aromatic carbocycles. The molecule has 0 atom stereocenters. The quantitative estimate of drug-likeness (QED) is 0.164. The van der Waals surface area contributed by atoms with Crippen LogP contribution in [0.15, 0.2) is 140 Å². The van der Waals surface area contributed by atoms with Gasteiger partial charge in [0.2, 0.25) is 6.34 Å². The molecule has 0 fully saturated rings. The summed E-state index contributed by atoms with van der Waals surface area (Å²) in [6, 6.07) is 45.7. The van der Waals surface area contributed by atoms with Gasteiger partial charge < -0.3 is 14.2 Å². The van der Waals surface area contributed by atoms with Gasteiger partial charge in [-0.15, -0.1) is 0 Å². The molecule has 0 N–H and O–H groups in total. The second-order valence-electron chi connectivity index (χ2n) is 10.3. The number of aromatic nitrogens is 2. The van der Waals surface area contributed by atoms with Gasteiger partial charge in [-0.25, -0.2) is 4.98 Å². The van der Waals surface area contributed by atoms with Crippen LogP contribution in [0.4, 0.5) is 17.1 Å². The van der Waals surface area contributed by atoms with Gasteiger partial charge in [-0.3, -0.25) is 4.57 Å². The maximum absolute atomic E-state index is 6.51. The largest absolute Gasteiger partial charge is 0.458 e. The summed E-state index contributed by atoms with van der Waals surface area (Å²) in [6.07, 6.45) is 5.39. The molecule has 42 heavy (non-hydrogen) atoms. The molecule has 0 amide bonds. The van der Waals surface area contributed by atoms with Crippen LogP contribution in [0, 0.1) is 0 Å². The lowest BCUT2D eigenvalue weighted by molar-refractivity contribution is -0.399. The predicted molar refractivity (Wildman–Crippen MR) is 170 cm³/mol. The summed E-state index contributed by atoms with van der Waals surface area (Å²) in [7, 11) is 2.04. The molecule has 0 unspecified atom stereocenters. The van der Waals surface area contributed by atoms with E-state index in [-0.39, 0.29) is 0 Å². The number of pyridine rings is 1. The van der Waals surface area contributed by atoms with Crippen LogP contribution >= 0.6 is 0 Å². The van der Waals surface area contributed by atoms with Gasteiger partial charge in [-0.05, 0) is 53.6 Å². The Hall–Kier alpha value is -5.68. The van der Waals surface area contributed by atoms with Crippen molar-refractivity contribution < 1.29 is 9.31 Å². The molecule has 5 heteroatoms. The summed E-state index contributed by atoms with van der Waals surface area (Å²) < 4.78 is 10.8. The smallest absolute Gasteiger partial charge is 0.245 e. The van der Waals surface area contributed by atoms with Crippen molar-refractivity contribution in [2.45, 2.75) is 0 Å².